The highest BCUT2D eigenvalue weighted by atomic mass is 79.9. The van der Waals surface area contributed by atoms with Crippen LogP contribution in [0.3, 0.4) is 0 Å². The summed E-state index contributed by atoms with van der Waals surface area (Å²) in [5, 5.41) is 9.62. The molecule has 4 N–H and O–H groups in total. The minimum atomic E-state index is -2.62. The quantitative estimate of drug-likeness (QED) is 0.434. The Balaban J connectivity index is 0.000000487. The van der Waals surface area contributed by atoms with Gasteiger partial charge in [-0.25, -0.2) is 4.98 Å². The van der Waals surface area contributed by atoms with E-state index >= 15 is 0 Å². The third kappa shape index (κ3) is 5.72. The average molecular weight is 312 g/mol. The molecule has 0 aliphatic rings. The summed E-state index contributed by atoms with van der Waals surface area (Å²) in [5.74, 6) is 0.241. The van der Waals surface area contributed by atoms with E-state index in [0.29, 0.717) is 4.60 Å². The normalized spacial score (nSPS) is 11.0. The molecule has 0 amide bonds. The van der Waals surface area contributed by atoms with Gasteiger partial charge in [-0.3, -0.25) is 0 Å². The molecule has 0 saturated heterocycles. The Hall–Kier alpha value is -0.260. The van der Waals surface area contributed by atoms with Crippen LogP contribution in [-0.4, -0.2) is 24.8 Å². The van der Waals surface area contributed by atoms with Crippen LogP contribution in [0.1, 0.15) is 26.3 Å². The predicted molar refractivity (Wildman–Crippen MR) is 65.9 cm³/mol. The Morgan fingerprint density at radius 2 is 1.69 bits per heavy atom. The zero-order valence-electron chi connectivity index (χ0n) is 9.22. The number of hydrogen-bond donors (Lipinski definition) is 4. The molecule has 0 aliphatic heterocycles. The zero-order chi connectivity index (χ0) is 12.9. The molecule has 1 aromatic heterocycles. The summed E-state index contributed by atoms with van der Waals surface area (Å²) < 4.78 is 0.509. The van der Waals surface area contributed by atoms with Gasteiger partial charge in [-0.15, -0.1) is 0 Å². The average Bonchev–Trinajstić information content (AvgIpc) is 2.06. The van der Waals surface area contributed by atoms with Crippen LogP contribution < -0.4 is 0 Å². The predicted octanol–water partition coefficient (Wildman–Crippen LogP) is 2.04. The van der Waals surface area contributed by atoms with E-state index in [4.69, 9.17) is 14.7 Å². The van der Waals surface area contributed by atoms with Gasteiger partial charge in [0, 0.05) is 11.8 Å². The first kappa shape index (κ1) is 15.7. The van der Waals surface area contributed by atoms with Gasteiger partial charge in [0.15, 0.2) is 5.75 Å². The molecule has 0 bridgehead atoms. The SMILES string of the molecule is CC(C)(C)c1ccnc(Br)c1O.OP(O)O. The fourth-order valence-electron chi connectivity index (χ4n) is 1.03. The van der Waals surface area contributed by atoms with Gasteiger partial charge in [0.2, 0.25) is 0 Å². The van der Waals surface area contributed by atoms with Crippen LogP contribution in [-0.2, 0) is 5.41 Å². The van der Waals surface area contributed by atoms with E-state index < -0.39 is 8.60 Å². The van der Waals surface area contributed by atoms with Gasteiger partial charge in [0.1, 0.15) is 4.60 Å². The summed E-state index contributed by atoms with van der Waals surface area (Å²) >= 11 is 3.18. The van der Waals surface area contributed by atoms with E-state index in [1.54, 1.807) is 6.20 Å². The maximum atomic E-state index is 9.62. The fourth-order valence-corrected chi connectivity index (χ4v) is 1.37. The Morgan fingerprint density at radius 3 is 2.00 bits per heavy atom. The molecule has 0 fully saturated rings. The van der Waals surface area contributed by atoms with Crippen molar-refractivity contribution in [2.45, 2.75) is 26.2 Å². The van der Waals surface area contributed by atoms with E-state index in [9.17, 15) is 5.11 Å². The van der Waals surface area contributed by atoms with Crippen molar-refractivity contribution in [3.63, 3.8) is 0 Å². The molecule has 1 heterocycles. The summed E-state index contributed by atoms with van der Waals surface area (Å²) in [7, 11) is -2.62. The highest BCUT2D eigenvalue weighted by Crippen LogP contribution is 2.33. The Labute approximate surface area is 104 Å². The van der Waals surface area contributed by atoms with Gasteiger partial charge < -0.3 is 19.8 Å². The van der Waals surface area contributed by atoms with Gasteiger partial charge in [0.05, 0.1) is 0 Å². The maximum Gasteiger partial charge on any atom is 0.324 e. The molecule has 92 valence electrons. The van der Waals surface area contributed by atoms with E-state index in [1.165, 1.54) is 0 Å². The van der Waals surface area contributed by atoms with Crippen molar-refractivity contribution in [2.75, 3.05) is 0 Å². The third-order valence-corrected chi connectivity index (χ3v) is 2.27. The number of aromatic nitrogens is 1. The van der Waals surface area contributed by atoms with Crippen LogP contribution >= 0.6 is 24.5 Å². The molecule has 0 aromatic carbocycles. The number of rotatable bonds is 0. The topological polar surface area (TPSA) is 93.8 Å². The fraction of sp³-hybridized carbons (Fsp3) is 0.444. The monoisotopic (exact) mass is 311 g/mol. The van der Waals surface area contributed by atoms with Crippen molar-refractivity contribution in [3.8, 4) is 5.75 Å². The van der Waals surface area contributed by atoms with Crippen LogP contribution in [0.5, 0.6) is 5.75 Å². The molecular weight excluding hydrogens is 297 g/mol. The second-order valence-corrected chi connectivity index (χ2v) is 5.30. The molecule has 16 heavy (non-hydrogen) atoms. The lowest BCUT2D eigenvalue weighted by Gasteiger charge is -2.20. The number of pyridine rings is 1. The van der Waals surface area contributed by atoms with E-state index in [1.807, 2.05) is 6.07 Å². The summed E-state index contributed by atoms with van der Waals surface area (Å²) in [6.07, 6.45) is 1.68. The van der Waals surface area contributed by atoms with Gasteiger partial charge >= 0.3 is 8.60 Å². The van der Waals surface area contributed by atoms with Crippen LogP contribution in [0.2, 0.25) is 0 Å². The first-order valence-corrected chi connectivity index (χ1v) is 6.36. The minimum Gasteiger partial charge on any atom is -0.505 e. The molecule has 5 nitrogen and oxygen atoms in total. The number of halogens is 1. The van der Waals surface area contributed by atoms with Gasteiger partial charge in [0.25, 0.3) is 0 Å². The molecule has 1 aromatic rings. The standard InChI is InChI=1S/C9H12BrNO.H3O3P/c1-9(2,3)6-4-5-11-8(10)7(6)12;1-4(2)3/h4-5,12H,1-3H3;1-3H. The van der Waals surface area contributed by atoms with Gasteiger partial charge in [-0.2, -0.15) is 0 Å². The highest BCUT2D eigenvalue weighted by Gasteiger charge is 2.19. The van der Waals surface area contributed by atoms with E-state index in [-0.39, 0.29) is 11.2 Å². The molecular formula is C9H15BrNO4P. The van der Waals surface area contributed by atoms with Crippen molar-refractivity contribution in [3.05, 3.63) is 22.4 Å². The lowest BCUT2D eigenvalue weighted by Crippen LogP contribution is -2.11. The van der Waals surface area contributed by atoms with Gasteiger partial charge in [-0.1, -0.05) is 20.8 Å². The number of nitrogens with zero attached hydrogens (tertiary/aromatic N) is 1. The molecule has 0 radical (unpaired) electrons. The summed E-state index contributed by atoms with van der Waals surface area (Å²) in [4.78, 5) is 25.6. The van der Waals surface area contributed by atoms with Crippen molar-refractivity contribution >= 4 is 24.5 Å². The summed E-state index contributed by atoms with van der Waals surface area (Å²) in [6, 6.07) is 1.83. The van der Waals surface area contributed by atoms with Crippen LogP contribution in [0.25, 0.3) is 0 Å². The number of aromatic hydroxyl groups is 1. The van der Waals surface area contributed by atoms with Crippen molar-refractivity contribution < 1.29 is 19.8 Å². The second kappa shape index (κ2) is 6.47. The molecule has 7 heteroatoms. The minimum absolute atomic E-state index is 0.0461. The van der Waals surface area contributed by atoms with Crippen LogP contribution in [0, 0.1) is 0 Å². The smallest absolute Gasteiger partial charge is 0.324 e. The Kier molecular flexibility index (Phi) is 6.36. The summed E-state index contributed by atoms with van der Waals surface area (Å²) in [5.41, 5.74) is 0.861. The first-order valence-electron chi connectivity index (χ1n) is 4.37. The van der Waals surface area contributed by atoms with E-state index in [0.717, 1.165) is 5.56 Å². The van der Waals surface area contributed by atoms with Crippen LogP contribution in [0.15, 0.2) is 16.9 Å². The van der Waals surface area contributed by atoms with Gasteiger partial charge in [-0.05, 0) is 27.4 Å². The molecule has 0 aliphatic carbocycles. The Bertz CT molecular complexity index is 338. The maximum absolute atomic E-state index is 9.62. The lowest BCUT2D eigenvalue weighted by atomic mass is 9.87. The largest absolute Gasteiger partial charge is 0.505 e. The zero-order valence-corrected chi connectivity index (χ0v) is 11.7. The molecule has 0 unspecified atom stereocenters. The van der Waals surface area contributed by atoms with Crippen molar-refractivity contribution in [2.24, 2.45) is 0 Å². The summed E-state index contributed by atoms with van der Waals surface area (Å²) in [6.45, 7) is 6.15. The highest BCUT2D eigenvalue weighted by molar-refractivity contribution is 9.10. The Morgan fingerprint density at radius 1 is 1.25 bits per heavy atom. The molecule has 0 atom stereocenters. The van der Waals surface area contributed by atoms with E-state index in [2.05, 4.69) is 41.7 Å². The number of hydrogen-bond acceptors (Lipinski definition) is 5. The molecule has 1 rings (SSSR count). The first-order chi connectivity index (χ1) is 7.16. The molecule has 0 spiro atoms. The van der Waals surface area contributed by atoms with Crippen LogP contribution in [0.4, 0.5) is 0 Å². The van der Waals surface area contributed by atoms with Crippen molar-refractivity contribution in [1.82, 2.24) is 4.98 Å². The second-order valence-electron chi connectivity index (χ2n) is 4.02. The third-order valence-electron chi connectivity index (χ3n) is 1.69. The van der Waals surface area contributed by atoms with Crippen molar-refractivity contribution in [1.29, 1.82) is 0 Å². The molecule has 0 saturated carbocycles. The lowest BCUT2D eigenvalue weighted by molar-refractivity contribution is 0.368.